The summed E-state index contributed by atoms with van der Waals surface area (Å²) in [7, 11) is 0. The first kappa shape index (κ1) is 34.7. The molecule has 3 heterocycles. The van der Waals surface area contributed by atoms with Crippen molar-refractivity contribution in [3.05, 3.63) is 206 Å². The highest BCUT2D eigenvalue weighted by atomic mass is 16.3. The van der Waals surface area contributed by atoms with Crippen LogP contribution in [-0.4, -0.2) is 15.0 Å². The minimum Gasteiger partial charge on any atom is -0.456 e. The van der Waals surface area contributed by atoms with E-state index in [1.807, 2.05) is 84.9 Å². The maximum absolute atomic E-state index is 6.85. The Morgan fingerprint density at radius 1 is 0.328 bits per heavy atom. The number of aromatic nitrogens is 3. The summed E-state index contributed by atoms with van der Waals surface area (Å²) in [6.45, 7) is 0. The molecule has 6 heteroatoms. The Bertz CT molecular complexity index is 3520. The number of benzene rings is 9. The third kappa shape index (κ3) is 5.84. The maximum Gasteiger partial charge on any atom is 0.164 e. The molecule has 3 aromatic heterocycles. The largest absolute Gasteiger partial charge is 0.456 e. The number of nitrogens with zero attached hydrogens (tertiary/aromatic N) is 4. The molecule has 61 heavy (non-hydrogen) atoms. The first-order valence-electron chi connectivity index (χ1n) is 20.4. The van der Waals surface area contributed by atoms with E-state index in [1.165, 1.54) is 0 Å². The Hall–Kier alpha value is -8.35. The highest BCUT2D eigenvalue weighted by Crippen LogP contribution is 2.47. The normalized spacial score (nSPS) is 11.6. The van der Waals surface area contributed by atoms with Gasteiger partial charge in [-0.3, -0.25) is 0 Å². The van der Waals surface area contributed by atoms with Crippen molar-refractivity contribution in [2.75, 3.05) is 4.90 Å². The second-order valence-corrected chi connectivity index (χ2v) is 15.1. The number of anilines is 3. The zero-order valence-corrected chi connectivity index (χ0v) is 32.7. The van der Waals surface area contributed by atoms with Crippen LogP contribution in [0.5, 0.6) is 0 Å². The smallest absolute Gasteiger partial charge is 0.164 e. The van der Waals surface area contributed by atoms with Crippen molar-refractivity contribution in [3.8, 4) is 45.3 Å². The molecule has 0 fully saturated rings. The van der Waals surface area contributed by atoms with Crippen LogP contribution in [0.3, 0.4) is 0 Å². The molecule has 9 aromatic carbocycles. The first-order chi connectivity index (χ1) is 30.2. The van der Waals surface area contributed by atoms with E-state index in [0.29, 0.717) is 17.5 Å². The van der Waals surface area contributed by atoms with E-state index in [0.717, 1.165) is 99.5 Å². The van der Waals surface area contributed by atoms with E-state index in [4.69, 9.17) is 23.8 Å². The second kappa shape index (κ2) is 14.2. The van der Waals surface area contributed by atoms with Crippen molar-refractivity contribution in [1.29, 1.82) is 0 Å². The van der Waals surface area contributed by atoms with Gasteiger partial charge < -0.3 is 13.7 Å². The summed E-state index contributed by atoms with van der Waals surface area (Å²) in [5.74, 6) is 1.80. The fourth-order valence-corrected chi connectivity index (χ4v) is 8.73. The van der Waals surface area contributed by atoms with Crippen LogP contribution in [-0.2, 0) is 0 Å². The predicted octanol–water partition coefficient (Wildman–Crippen LogP) is 15.0. The van der Waals surface area contributed by atoms with Gasteiger partial charge in [-0.1, -0.05) is 164 Å². The van der Waals surface area contributed by atoms with Gasteiger partial charge in [-0.2, -0.15) is 0 Å². The third-order valence-corrected chi connectivity index (χ3v) is 11.5. The van der Waals surface area contributed by atoms with Gasteiger partial charge in [0.2, 0.25) is 0 Å². The summed E-state index contributed by atoms with van der Waals surface area (Å²) in [4.78, 5) is 17.5. The average Bonchev–Trinajstić information content (AvgIpc) is 3.92. The van der Waals surface area contributed by atoms with Gasteiger partial charge in [0.25, 0.3) is 0 Å². The van der Waals surface area contributed by atoms with Crippen LogP contribution in [0.15, 0.2) is 215 Å². The minimum absolute atomic E-state index is 0.582. The molecule has 0 aliphatic carbocycles. The lowest BCUT2D eigenvalue weighted by atomic mass is 9.98. The molecular weight excluding hydrogens is 749 g/mol. The number of furan rings is 2. The van der Waals surface area contributed by atoms with Gasteiger partial charge in [0.15, 0.2) is 17.5 Å². The van der Waals surface area contributed by atoms with Crippen molar-refractivity contribution in [2.45, 2.75) is 0 Å². The number of hydrogen-bond acceptors (Lipinski definition) is 6. The molecule has 0 aliphatic heterocycles. The summed E-state index contributed by atoms with van der Waals surface area (Å²) >= 11 is 0. The first-order valence-corrected chi connectivity index (χ1v) is 20.4. The monoisotopic (exact) mass is 782 g/mol. The lowest BCUT2D eigenvalue weighted by Gasteiger charge is -2.27. The molecule has 0 amide bonds. The van der Waals surface area contributed by atoms with Crippen molar-refractivity contribution in [3.63, 3.8) is 0 Å². The quantitative estimate of drug-likeness (QED) is 0.160. The summed E-state index contributed by atoms with van der Waals surface area (Å²) in [5, 5.41) is 6.35. The third-order valence-electron chi connectivity index (χ3n) is 11.5. The molecule has 0 saturated carbocycles. The Kier molecular flexibility index (Phi) is 8.06. The number of rotatable bonds is 7. The van der Waals surface area contributed by atoms with E-state index < -0.39 is 0 Å². The summed E-state index contributed by atoms with van der Waals surface area (Å²) in [6.07, 6.45) is 0. The van der Waals surface area contributed by atoms with E-state index in [2.05, 4.69) is 126 Å². The number of fused-ring (bicyclic) bond motifs is 8. The van der Waals surface area contributed by atoms with Gasteiger partial charge in [0.05, 0.1) is 5.69 Å². The number of para-hydroxylation sites is 3. The zero-order chi connectivity index (χ0) is 40.3. The molecule has 0 radical (unpaired) electrons. The summed E-state index contributed by atoms with van der Waals surface area (Å²) in [6, 6.07) is 70.9. The van der Waals surface area contributed by atoms with Crippen molar-refractivity contribution in [2.24, 2.45) is 0 Å². The fraction of sp³-hybridized carbons (Fsp3) is 0. The van der Waals surface area contributed by atoms with Gasteiger partial charge in [0, 0.05) is 66.6 Å². The van der Waals surface area contributed by atoms with Crippen LogP contribution in [0.2, 0.25) is 0 Å². The average molecular weight is 783 g/mol. The highest BCUT2D eigenvalue weighted by Gasteiger charge is 2.23. The van der Waals surface area contributed by atoms with Gasteiger partial charge in [-0.15, -0.1) is 0 Å². The predicted molar refractivity (Wildman–Crippen MR) is 248 cm³/mol. The van der Waals surface area contributed by atoms with Crippen LogP contribution in [0.25, 0.3) is 99.9 Å². The molecule has 286 valence electrons. The van der Waals surface area contributed by atoms with Gasteiger partial charge in [-0.05, 0) is 47.3 Å². The lowest BCUT2D eigenvalue weighted by molar-refractivity contribution is 0.669. The Labute approximate surface area is 350 Å². The van der Waals surface area contributed by atoms with Crippen LogP contribution >= 0.6 is 0 Å². The van der Waals surface area contributed by atoms with Crippen LogP contribution in [0, 0.1) is 0 Å². The van der Waals surface area contributed by atoms with Crippen molar-refractivity contribution < 1.29 is 8.83 Å². The topological polar surface area (TPSA) is 68.2 Å². The Morgan fingerprint density at radius 3 is 1.59 bits per heavy atom. The highest BCUT2D eigenvalue weighted by molar-refractivity contribution is 6.25. The van der Waals surface area contributed by atoms with E-state index in [-0.39, 0.29) is 0 Å². The summed E-state index contributed by atoms with van der Waals surface area (Å²) < 4.78 is 13.3. The van der Waals surface area contributed by atoms with Gasteiger partial charge >= 0.3 is 0 Å². The van der Waals surface area contributed by atoms with E-state index in [9.17, 15) is 0 Å². The molecule has 0 atom stereocenters. The lowest BCUT2D eigenvalue weighted by Crippen LogP contribution is -2.10. The minimum atomic E-state index is 0.582. The molecule has 0 aliphatic rings. The van der Waals surface area contributed by atoms with Crippen molar-refractivity contribution in [1.82, 2.24) is 15.0 Å². The molecular formula is C55H34N4O2. The van der Waals surface area contributed by atoms with E-state index >= 15 is 0 Å². The second-order valence-electron chi connectivity index (χ2n) is 15.1. The molecule has 0 spiro atoms. The molecule has 12 rings (SSSR count). The molecule has 0 saturated heterocycles. The summed E-state index contributed by atoms with van der Waals surface area (Å²) in [5.41, 5.74) is 11.2. The van der Waals surface area contributed by atoms with Crippen LogP contribution < -0.4 is 4.90 Å². The fourth-order valence-electron chi connectivity index (χ4n) is 8.73. The zero-order valence-electron chi connectivity index (χ0n) is 32.7. The molecule has 12 aromatic rings. The molecule has 6 nitrogen and oxygen atoms in total. The maximum atomic E-state index is 6.85. The molecule has 0 bridgehead atoms. The Balaban J connectivity index is 1.04. The SMILES string of the molecule is c1ccc(-c2nc(-c3ccccc3)nc(-c3cccc4oc5cc(N(c6ccccc6)c6ccc(-c7cccc8c7oc7ccccc78)cc6)c6ccccc6c5c34)n2)cc1. The van der Waals surface area contributed by atoms with Gasteiger partial charge in [0.1, 0.15) is 22.3 Å². The molecule has 0 unspecified atom stereocenters. The molecule has 0 N–H and O–H groups in total. The Morgan fingerprint density at radius 2 is 0.869 bits per heavy atom. The van der Waals surface area contributed by atoms with Crippen LogP contribution in [0.4, 0.5) is 17.1 Å². The van der Waals surface area contributed by atoms with Crippen molar-refractivity contribution >= 4 is 71.7 Å². The van der Waals surface area contributed by atoms with Crippen LogP contribution in [0.1, 0.15) is 0 Å². The van der Waals surface area contributed by atoms with E-state index in [1.54, 1.807) is 0 Å². The standard InChI is InChI=1S/C55H34N4O2/c1-4-16-36(17-5-1)53-56-54(37-18-6-2-7-19-37)58-55(57-53)45-27-15-29-48-51(45)50-43-24-11-10-22-41(43)46(34-49(50)60-48)59(38-20-8-3-9-21-38)39-32-30-35(31-33-39)40-25-14-26-44-42-23-12-13-28-47(42)61-52(40)44/h1-34H. The van der Waals surface area contributed by atoms with Gasteiger partial charge in [-0.25, -0.2) is 15.0 Å². The number of hydrogen-bond donors (Lipinski definition) is 0.